The molecule has 4 aliphatic heterocycles. The molecule has 108 valence electrons. The SMILES string of the molecule is O=C1N(C2CN3CCC2CC3)Cc2cc3ccccc3n21. The number of carbonyl (C=O) groups is 1. The van der Waals surface area contributed by atoms with E-state index in [1.165, 1.54) is 31.3 Å². The molecular weight excluding hydrogens is 262 g/mol. The van der Waals surface area contributed by atoms with E-state index in [1.54, 1.807) is 0 Å². The quantitative estimate of drug-likeness (QED) is 0.803. The summed E-state index contributed by atoms with van der Waals surface area (Å²) in [6.07, 6.45) is 2.51. The van der Waals surface area contributed by atoms with Crippen LogP contribution in [0.25, 0.3) is 10.9 Å². The Morgan fingerprint density at radius 2 is 1.90 bits per heavy atom. The number of para-hydroxylation sites is 1. The molecule has 1 atom stereocenters. The summed E-state index contributed by atoms with van der Waals surface area (Å²) in [7, 11) is 0. The van der Waals surface area contributed by atoms with Gasteiger partial charge in [0.25, 0.3) is 0 Å². The predicted molar refractivity (Wildman–Crippen MR) is 81.2 cm³/mol. The number of hydrogen-bond acceptors (Lipinski definition) is 2. The minimum Gasteiger partial charge on any atom is -0.314 e. The van der Waals surface area contributed by atoms with Gasteiger partial charge >= 0.3 is 6.03 Å². The number of rotatable bonds is 1. The number of hydrogen-bond donors (Lipinski definition) is 0. The van der Waals surface area contributed by atoms with E-state index in [1.807, 2.05) is 16.7 Å². The van der Waals surface area contributed by atoms with Crippen molar-refractivity contribution < 1.29 is 4.79 Å². The van der Waals surface area contributed by atoms with E-state index >= 15 is 0 Å². The molecular formula is C17H19N3O. The van der Waals surface area contributed by atoms with Crippen LogP contribution >= 0.6 is 0 Å². The summed E-state index contributed by atoms with van der Waals surface area (Å²) < 4.78 is 1.92. The monoisotopic (exact) mass is 281 g/mol. The van der Waals surface area contributed by atoms with Crippen LogP contribution in [0.1, 0.15) is 18.5 Å². The molecule has 3 fully saturated rings. The zero-order chi connectivity index (χ0) is 14.0. The van der Waals surface area contributed by atoms with Crippen LogP contribution < -0.4 is 0 Å². The van der Waals surface area contributed by atoms with Crippen molar-refractivity contribution in [3.05, 3.63) is 36.0 Å². The predicted octanol–water partition coefficient (Wildman–Crippen LogP) is 2.52. The van der Waals surface area contributed by atoms with Gasteiger partial charge in [-0.1, -0.05) is 18.2 Å². The van der Waals surface area contributed by atoms with Crippen molar-refractivity contribution in [1.29, 1.82) is 0 Å². The van der Waals surface area contributed by atoms with Crippen LogP contribution in [-0.4, -0.2) is 46.1 Å². The summed E-state index contributed by atoms with van der Waals surface area (Å²) in [5, 5.41) is 1.18. The third-order valence-corrected chi connectivity index (χ3v) is 5.58. The van der Waals surface area contributed by atoms with Crippen molar-refractivity contribution in [3.63, 3.8) is 0 Å². The first-order valence-corrected chi connectivity index (χ1v) is 7.94. The van der Waals surface area contributed by atoms with E-state index < -0.39 is 0 Å². The van der Waals surface area contributed by atoms with Crippen LogP contribution in [0.3, 0.4) is 0 Å². The van der Waals surface area contributed by atoms with Crippen molar-refractivity contribution in [2.24, 2.45) is 5.92 Å². The van der Waals surface area contributed by atoms with Gasteiger partial charge < -0.3 is 9.80 Å². The van der Waals surface area contributed by atoms with Crippen LogP contribution in [0.2, 0.25) is 0 Å². The summed E-state index contributed by atoms with van der Waals surface area (Å²) in [6.45, 7) is 4.29. The second kappa shape index (κ2) is 4.10. The molecule has 4 aliphatic rings. The molecule has 0 saturated carbocycles. The third kappa shape index (κ3) is 1.57. The molecule has 0 radical (unpaired) electrons. The Labute approximate surface area is 123 Å². The minimum atomic E-state index is 0.185. The Hall–Kier alpha value is -1.81. The molecule has 2 bridgehead atoms. The standard InChI is InChI=1S/C17H19N3O/c21-17-19(16-11-18-7-5-12(16)6-8-18)10-14-9-13-3-1-2-4-15(13)20(14)17/h1-4,9,12,16H,5-8,10-11H2. The number of aromatic nitrogens is 1. The summed E-state index contributed by atoms with van der Waals surface area (Å²) in [4.78, 5) is 17.6. The van der Waals surface area contributed by atoms with E-state index in [9.17, 15) is 4.79 Å². The number of fused-ring (bicyclic) bond motifs is 6. The first-order chi connectivity index (χ1) is 10.3. The first kappa shape index (κ1) is 11.8. The Balaban J connectivity index is 1.53. The maximum Gasteiger partial charge on any atom is 0.329 e. The topological polar surface area (TPSA) is 28.5 Å². The fourth-order valence-corrected chi connectivity index (χ4v) is 4.47. The average molecular weight is 281 g/mol. The average Bonchev–Trinajstić information content (AvgIpc) is 3.05. The summed E-state index contributed by atoms with van der Waals surface area (Å²) >= 11 is 0. The van der Waals surface area contributed by atoms with Gasteiger partial charge in [0.15, 0.2) is 0 Å². The van der Waals surface area contributed by atoms with Gasteiger partial charge in [0, 0.05) is 23.7 Å². The molecule has 4 heteroatoms. The van der Waals surface area contributed by atoms with Crippen LogP contribution in [0.5, 0.6) is 0 Å². The van der Waals surface area contributed by atoms with Crippen LogP contribution in [0.15, 0.2) is 30.3 Å². The second-order valence-corrected chi connectivity index (χ2v) is 6.65. The molecule has 6 rings (SSSR count). The van der Waals surface area contributed by atoms with Crippen molar-refractivity contribution in [3.8, 4) is 0 Å². The van der Waals surface area contributed by atoms with Crippen molar-refractivity contribution in [2.75, 3.05) is 19.6 Å². The van der Waals surface area contributed by atoms with Gasteiger partial charge in [-0.15, -0.1) is 0 Å². The lowest BCUT2D eigenvalue weighted by molar-refractivity contribution is 0.0241. The highest BCUT2D eigenvalue weighted by Gasteiger charge is 2.42. The molecule has 1 amide bonds. The summed E-state index contributed by atoms with van der Waals surface area (Å²) in [5.74, 6) is 0.704. The van der Waals surface area contributed by atoms with Crippen LogP contribution in [-0.2, 0) is 6.54 Å². The molecule has 0 aliphatic carbocycles. The van der Waals surface area contributed by atoms with Gasteiger partial charge in [0.2, 0.25) is 0 Å². The number of carbonyl (C=O) groups excluding carboxylic acids is 1. The Kier molecular flexibility index (Phi) is 2.31. The first-order valence-electron chi connectivity index (χ1n) is 7.94. The van der Waals surface area contributed by atoms with Gasteiger partial charge in [-0.25, -0.2) is 4.79 Å². The summed E-state index contributed by atoms with van der Waals surface area (Å²) in [6, 6.07) is 11.0. The maximum absolute atomic E-state index is 12.9. The third-order valence-electron chi connectivity index (χ3n) is 5.58. The zero-order valence-corrected chi connectivity index (χ0v) is 12.0. The Morgan fingerprint density at radius 1 is 1.10 bits per heavy atom. The van der Waals surface area contributed by atoms with Crippen LogP contribution in [0, 0.1) is 5.92 Å². The largest absolute Gasteiger partial charge is 0.329 e. The molecule has 3 saturated heterocycles. The van der Waals surface area contributed by atoms with Crippen molar-refractivity contribution >= 4 is 16.9 Å². The smallest absolute Gasteiger partial charge is 0.314 e. The highest BCUT2D eigenvalue weighted by atomic mass is 16.2. The molecule has 0 N–H and O–H groups in total. The van der Waals surface area contributed by atoms with E-state index in [4.69, 9.17) is 0 Å². The maximum atomic E-state index is 12.9. The van der Waals surface area contributed by atoms with Gasteiger partial charge in [-0.05, 0) is 44.0 Å². The Morgan fingerprint density at radius 3 is 2.67 bits per heavy atom. The lowest BCUT2D eigenvalue weighted by Crippen LogP contribution is -2.57. The second-order valence-electron chi connectivity index (χ2n) is 6.65. The normalized spacial score (nSPS) is 31.1. The molecule has 21 heavy (non-hydrogen) atoms. The molecule has 1 aromatic carbocycles. The zero-order valence-electron chi connectivity index (χ0n) is 12.0. The van der Waals surface area contributed by atoms with Crippen molar-refractivity contribution in [1.82, 2.24) is 14.4 Å². The number of nitrogens with zero attached hydrogens (tertiary/aromatic N) is 3. The molecule has 5 heterocycles. The van der Waals surface area contributed by atoms with E-state index in [0.717, 1.165) is 24.3 Å². The summed E-state index contributed by atoms with van der Waals surface area (Å²) in [5.41, 5.74) is 2.21. The van der Waals surface area contributed by atoms with E-state index in [2.05, 4.69) is 28.0 Å². The molecule has 4 nitrogen and oxygen atoms in total. The van der Waals surface area contributed by atoms with E-state index in [-0.39, 0.29) is 6.03 Å². The fraction of sp³-hybridized carbons (Fsp3) is 0.471. The molecule has 0 spiro atoms. The van der Waals surface area contributed by atoms with Gasteiger partial charge in [-0.3, -0.25) is 4.57 Å². The molecule has 2 aromatic rings. The lowest BCUT2D eigenvalue weighted by atomic mass is 9.83. The highest BCUT2D eigenvalue weighted by molar-refractivity contribution is 5.95. The molecule has 1 unspecified atom stereocenters. The molecule has 1 aromatic heterocycles. The number of piperidine rings is 3. The van der Waals surface area contributed by atoms with Gasteiger partial charge in [0.05, 0.1) is 12.1 Å². The van der Waals surface area contributed by atoms with E-state index in [0.29, 0.717) is 12.0 Å². The highest BCUT2D eigenvalue weighted by Crippen LogP contribution is 2.35. The van der Waals surface area contributed by atoms with Gasteiger partial charge in [-0.2, -0.15) is 0 Å². The lowest BCUT2D eigenvalue weighted by Gasteiger charge is -2.47. The number of amides is 1. The number of benzene rings is 1. The van der Waals surface area contributed by atoms with Crippen LogP contribution in [0.4, 0.5) is 4.79 Å². The Bertz CT molecular complexity index is 727. The fourth-order valence-electron chi connectivity index (χ4n) is 4.47. The van der Waals surface area contributed by atoms with Crippen molar-refractivity contribution in [2.45, 2.75) is 25.4 Å². The van der Waals surface area contributed by atoms with Gasteiger partial charge in [0.1, 0.15) is 0 Å². The minimum absolute atomic E-state index is 0.185.